The zero-order valence-corrected chi connectivity index (χ0v) is 14.3. The maximum absolute atomic E-state index is 12.6. The first-order valence-electron chi connectivity index (χ1n) is 7.89. The van der Waals surface area contributed by atoms with Gasteiger partial charge in [-0.15, -0.1) is 0 Å². The molecule has 3 rings (SSSR count). The Kier molecular flexibility index (Phi) is 5.84. The van der Waals surface area contributed by atoms with E-state index >= 15 is 0 Å². The summed E-state index contributed by atoms with van der Waals surface area (Å²) in [5, 5.41) is 55.1. The van der Waals surface area contributed by atoms with E-state index in [1.165, 1.54) is 13.8 Å². The monoisotopic (exact) mass is 355 g/mol. The summed E-state index contributed by atoms with van der Waals surface area (Å²) in [6, 6.07) is -0.649. The topological polar surface area (TPSA) is 125 Å². The molecule has 142 valence electrons. The largest absolute Gasteiger partial charge is 0.366 e. The SMILES string of the molecule is CC.CC(C)(O)O.OC1(O)CC2(CC2)C2CC(=C(F)F)C(O)(O)N21. The second-order valence-corrected chi connectivity index (χ2v) is 6.77. The molecule has 0 aromatic carbocycles. The predicted octanol–water partition coefficient (Wildman–Crippen LogP) is 0.405. The van der Waals surface area contributed by atoms with Gasteiger partial charge in [0.2, 0.25) is 5.91 Å². The third kappa shape index (κ3) is 4.10. The van der Waals surface area contributed by atoms with Crippen LogP contribution in [0.15, 0.2) is 11.7 Å². The molecule has 1 saturated carbocycles. The summed E-state index contributed by atoms with van der Waals surface area (Å²) in [5.74, 6) is -6.92. The molecular formula is C15H27F2NO6. The smallest absolute Gasteiger partial charge is 0.276 e. The maximum Gasteiger partial charge on any atom is 0.276 e. The Morgan fingerprint density at radius 3 is 1.83 bits per heavy atom. The molecule has 0 aromatic rings. The Labute approximate surface area is 139 Å². The summed E-state index contributed by atoms with van der Waals surface area (Å²) in [6.45, 7) is 6.60. The Hall–Kier alpha value is -0.680. The Balaban J connectivity index is 0.000000356. The van der Waals surface area contributed by atoms with Crippen molar-refractivity contribution in [2.75, 3.05) is 0 Å². The maximum atomic E-state index is 12.6. The molecule has 2 saturated heterocycles. The Bertz CT molecular complexity index is 487. The van der Waals surface area contributed by atoms with Crippen LogP contribution in [0.4, 0.5) is 8.78 Å². The first-order chi connectivity index (χ1) is 10.7. The van der Waals surface area contributed by atoms with Crippen LogP contribution < -0.4 is 0 Å². The van der Waals surface area contributed by atoms with Crippen molar-refractivity contribution in [1.82, 2.24) is 4.90 Å². The molecule has 0 radical (unpaired) electrons. The zero-order chi connectivity index (χ0) is 19.1. The van der Waals surface area contributed by atoms with Crippen molar-refractivity contribution in [2.45, 2.75) is 77.0 Å². The molecule has 2 aliphatic heterocycles. The van der Waals surface area contributed by atoms with Gasteiger partial charge in [0.15, 0.2) is 5.79 Å². The third-order valence-corrected chi connectivity index (χ3v) is 4.25. The van der Waals surface area contributed by atoms with E-state index in [0.29, 0.717) is 17.7 Å². The average Bonchev–Trinajstić information content (AvgIpc) is 2.98. The van der Waals surface area contributed by atoms with Crippen LogP contribution >= 0.6 is 0 Å². The lowest BCUT2D eigenvalue weighted by atomic mass is 9.93. The number of nitrogens with zero attached hydrogens (tertiary/aromatic N) is 1. The van der Waals surface area contributed by atoms with Gasteiger partial charge in [-0.3, -0.25) is 0 Å². The quantitative estimate of drug-likeness (QED) is 0.348. The van der Waals surface area contributed by atoms with Gasteiger partial charge in [0, 0.05) is 12.5 Å². The van der Waals surface area contributed by atoms with E-state index < -0.39 is 40.7 Å². The highest BCUT2D eigenvalue weighted by molar-refractivity contribution is 5.28. The minimum absolute atomic E-state index is 0.0330. The highest BCUT2D eigenvalue weighted by Crippen LogP contribution is 2.66. The van der Waals surface area contributed by atoms with E-state index in [0.717, 1.165) is 0 Å². The average molecular weight is 355 g/mol. The molecule has 7 nitrogen and oxygen atoms in total. The Morgan fingerprint density at radius 1 is 1.08 bits per heavy atom. The van der Waals surface area contributed by atoms with Crippen molar-refractivity contribution in [2.24, 2.45) is 5.41 Å². The van der Waals surface area contributed by atoms with Crippen LogP contribution in [0.3, 0.4) is 0 Å². The Morgan fingerprint density at radius 2 is 1.50 bits per heavy atom. The number of rotatable bonds is 0. The van der Waals surface area contributed by atoms with Crippen molar-refractivity contribution in [3.63, 3.8) is 0 Å². The molecule has 6 N–H and O–H groups in total. The van der Waals surface area contributed by atoms with E-state index in [1.807, 2.05) is 13.8 Å². The second kappa shape index (κ2) is 6.56. The number of halogens is 2. The third-order valence-electron chi connectivity index (χ3n) is 4.25. The van der Waals surface area contributed by atoms with Gasteiger partial charge in [0.1, 0.15) is 0 Å². The summed E-state index contributed by atoms with van der Waals surface area (Å²) in [5.41, 5.74) is -1.29. The van der Waals surface area contributed by atoms with Crippen LogP contribution in [0.2, 0.25) is 0 Å². The van der Waals surface area contributed by atoms with Crippen LogP contribution in [-0.2, 0) is 0 Å². The minimum atomic E-state index is -2.97. The molecule has 0 aromatic heterocycles. The summed E-state index contributed by atoms with van der Waals surface area (Å²) in [6.07, 6.45) is -1.06. The molecule has 9 heteroatoms. The van der Waals surface area contributed by atoms with Crippen molar-refractivity contribution >= 4 is 0 Å². The lowest BCUT2D eigenvalue weighted by molar-refractivity contribution is -0.351. The lowest BCUT2D eigenvalue weighted by Gasteiger charge is -2.35. The molecule has 3 fully saturated rings. The van der Waals surface area contributed by atoms with Gasteiger partial charge < -0.3 is 30.6 Å². The molecule has 24 heavy (non-hydrogen) atoms. The van der Waals surface area contributed by atoms with Gasteiger partial charge in [0.25, 0.3) is 12.0 Å². The highest BCUT2D eigenvalue weighted by atomic mass is 19.3. The fourth-order valence-corrected chi connectivity index (χ4v) is 3.32. The van der Waals surface area contributed by atoms with Crippen LogP contribution in [0.5, 0.6) is 0 Å². The van der Waals surface area contributed by atoms with Gasteiger partial charge in [-0.05, 0) is 38.5 Å². The summed E-state index contributed by atoms with van der Waals surface area (Å²) in [4.78, 5) is 0.599. The summed E-state index contributed by atoms with van der Waals surface area (Å²) in [7, 11) is 0. The van der Waals surface area contributed by atoms with Crippen molar-refractivity contribution in [3.8, 4) is 0 Å². The predicted molar refractivity (Wildman–Crippen MR) is 80.0 cm³/mol. The van der Waals surface area contributed by atoms with Crippen molar-refractivity contribution in [1.29, 1.82) is 0 Å². The zero-order valence-electron chi connectivity index (χ0n) is 14.3. The van der Waals surface area contributed by atoms with Crippen molar-refractivity contribution in [3.05, 3.63) is 11.7 Å². The molecule has 1 atom stereocenters. The summed E-state index contributed by atoms with van der Waals surface area (Å²) < 4.78 is 25.3. The number of hydrogen-bond donors (Lipinski definition) is 6. The summed E-state index contributed by atoms with van der Waals surface area (Å²) >= 11 is 0. The first kappa shape index (κ1) is 21.4. The fourth-order valence-electron chi connectivity index (χ4n) is 3.32. The lowest BCUT2D eigenvalue weighted by Crippen LogP contribution is -2.57. The van der Waals surface area contributed by atoms with Crippen molar-refractivity contribution < 1.29 is 39.4 Å². The van der Waals surface area contributed by atoms with Crippen LogP contribution in [0.1, 0.15) is 53.4 Å². The van der Waals surface area contributed by atoms with E-state index in [1.54, 1.807) is 0 Å². The van der Waals surface area contributed by atoms with Gasteiger partial charge in [-0.2, -0.15) is 13.7 Å². The molecule has 1 spiro atoms. The molecule has 0 amide bonds. The van der Waals surface area contributed by atoms with Crippen LogP contribution in [0, 0.1) is 5.41 Å². The highest BCUT2D eigenvalue weighted by Gasteiger charge is 2.73. The number of fused-ring (bicyclic) bond motifs is 2. The number of aliphatic hydroxyl groups is 6. The number of hydrogen-bond acceptors (Lipinski definition) is 7. The first-order valence-corrected chi connectivity index (χ1v) is 7.89. The van der Waals surface area contributed by atoms with Crippen LogP contribution in [0.25, 0.3) is 0 Å². The molecular weight excluding hydrogens is 328 g/mol. The van der Waals surface area contributed by atoms with E-state index in [9.17, 15) is 29.2 Å². The van der Waals surface area contributed by atoms with Gasteiger partial charge in [-0.25, -0.2) is 0 Å². The molecule has 1 unspecified atom stereocenters. The van der Waals surface area contributed by atoms with Crippen LogP contribution in [-0.4, -0.2) is 59.2 Å². The van der Waals surface area contributed by atoms with Gasteiger partial charge in [0.05, 0.1) is 5.57 Å². The molecule has 0 bridgehead atoms. The van der Waals surface area contributed by atoms with Gasteiger partial charge in [-0.1, -0.05) is 13.8 Å². The normalized spacial score (nSPS) is 28.5. The van der Waals surface area contributed by atoms with E-state index in [4.69, 9.17) is 10.2 Å². The minimum Gasteiger partial charge on any atom is -0.366 e. The van der Waals surface area contributed by atoms with E-state index in [-0.39, 0.29) is 12.8 Å². The molecule has 1 aliphatic carbocycles. The van der Waals surface area contributed by atoms with E-state index in [2.05, 4.69) is 0 Å². The standard InChI is InChI=1S/C10H13F2NO4.C3H8O2.C2H6/c11-7(12)5-3-6-8(1-2-8)4-9(14,15)13(6)10(5,16)17;1-3(2,4)5;1-2/h6,14-17H,1-4H2;4-5H,1-2H3;1-2H3. The fraction of sp³-hybridized carbons (Fsp3) is 0.867. The molecule has 2 heterocycles. The molecule has 3 aliphatic rings. The second-order valence-electron chi connectivity index (χ2n) is 6.77. The van der Waals surface area contributed by atoms with Gasteiger partial charge >= 0.3 is 0 Å².